The van der Waals surface area contributed by atoms with E-state index in [0.29, 0.717) is 23.5 Å². The quantitative estimate of drug-likeness (QED) is 0.625. The molecule has 2 N–H and O–H groups in total. The van der Waals surface area contributed by atoms with Crippen molar-refractivity contribution >= 4 is 33.4 Å². The lowest BCUT2D eigenvalue weighted by molar-refractivity contribution is -0.118. The minimum atomic E-state index is -0.298. The monoisotopic (exact) mass is 460 g/mol. The van der Waals surface area contributed by atoms with Crippen LogP contribution >= 0.6 is 15.9 Å². The lowest BCUT2D eigenvalue weighted by Crippen LogP contribution is -2.31. The molecule has 0 aromatic heterocycles. The van der Waals surface area contributed by atoms with Gasteiger partial charge in [-0.2, -0.15) is 0 Å². The van der Waals surface area contributed by atoms with Gasteiger partial charge in [0.15, 0.2) is 6.61 Å². The standard InChI is InChI=1S/C22H25BrN2O4/c1-2-15-8-9-20(19(23)11-15)29-14-21(26)25-17-6-3-5-16(12-17)22(27)24-13-18-7-4-10-28-18/h3,5-6,8-9,11-12,18H,2,4,7,10,13-14H2,1H3,(H,24,27)(H,25,26). The average molecular weight is 461 g/mol. The number of ether oxygens (including phenoxy) is 2. The minimum Gasteiger partial charge on any atom is -0.483 e. The van der Waals surface area contributed by atoms with Crippen LogP contribution in [0.25, 0.3) is 0 Å². The molecule has 0 bridgehead atoms. The third-order valence-electron chi connectivity index (χ3n) is 4.69. The van der Waals surface area contributed by atoms with Crippen molar-refractivity contribution in [3.05, 3.63) is 58.1 Å². The fourth-order valence-electron chi connectivity index (χ4n) is 3.07. The topological polar surface area (TPSA) is 76.7 Å². The number of rotatable bonds is 8. The van der Waals surface area contributed by atoms with Crippen LogP contribution in [0.4, 0.5) is 5.69 Å². The molecular weight excluding hydrogens is 436 g/mol. The van der Waals surface area contributed by atoms with Gasteiger partial charge in [-0.05, 0) is 71.1 Å². The molecule has 1 fully saturated rings. The Morgan fingerprint density at radius 2 is 2.10 bits per heavy atom. The van der Waals surface area contributed by atoms with E-state index in [0.717, 1.165) is 30.3 Å². The summed E-state index contributed by atoms with van der Waals surface area (Å²) >= 11 is 3.46. The molecule has 1 aliphatic rings. The number of hydrogen-bond donors (Lipinski definition) is 2. The highest BCUT2D eigenvalue weighted by atomic mass is 79.9. The zero-order chi connectivity index (χ0) is 20.6. The van der Waals surface area contributed by atoms with Gasteiger partial charge in [-0.15, -0.1) is 0 Å². The fraction of sp³-hybridized carbons (Fsp3) is 0.364. The van der Waals surface area contributed by atoms with Crippen molar-refractivity contribution in [1.29, 1.82) is 0 Å². The molecule has 1 saturated heterocycles. The predicted octanol–water partition coefficient (Wildman–Crippen LogP) is 3.94. The molecule has 2 aromatic carbocycles. The third-order valence-corrected chi connectivity index (χ3v) is 5.31. The van der Waals surface area contributed by atoms with E-state index in [2.05, 4.69) is 33.5 Å². The summed E-state index contributed by atoms with van der Waals surface area (Å²) in [6.45, 7) is 3.20. The largest absolute Gasteiger partial charge is 0.483 e. The smallest absolute Gasteiger partial charge is 0.262 e. The van der Waals surface area contributed by atoms with E-state index in [1.807, 2.05) is 18.2 Å². The summed E-state index contributed by atoms with van der Waals surface area (Å²) in [5.74, 6) is 0.126. The molecule has 29 heavy (non-hydrogen) atoms. The zero-order valence-corrected chi connectivity index (χ0v) is 18.0. The molecular formula is C22H25BrN2O4. The molecule has 3 rings (SSSR count). The Morgan fingerprint density at radius 1 is 1.24 bits per heavy atom. The van der Waals surface area contributed by atoms with Crippen molar-refractivity contribution < 1.29 is 19.1 Å². The molecule has 1 aliphatic heterocycles. The van der Waals surface area contributed by atoms with Crippen molar-refractivity contribution in [3.8, 4) is 5.75 Å². The van der Waals surface area contributed by atoms with E-state index in [1.165, 1.54) is 5.56 Å². The van der Waals surface area contributed by atoms with Crippen LogP contribution in [-0.4, -0.2) is 37.7 Å². The molecule has 0 saturated carbocycles. The van der Waals surface area contributed by atoms with Crippen LogP contribution < -0.4 is 15.4 Å². The van der Waals surface area contributed by atoms with Crippen LogP contribution in [0.2, 0.25) is 0 Å². The lowest BCUT2D eigenvalue weighted by Gasteiger charge is -2.12. The van der Waals surface area contributed by atoms with Crippen molar-refractivity contribution in [3.63, 3.8) is 0 Å². The Kier molecular flexibility index (Phi) is 7.66. The second kappa shape index (κ2) is 10.4. The Morgan fingerprint density at radius 3 is 2.83 bits per heavy atom. The van der Waals surface area contributed by atoms with Gasteiger partial charge in [0.2, 0.25) is 0 Å². The molecule has 2 amide bonds. The van der Waals surface area contributed by atoms with E-state index in [1.54, 1.807) is 24.3 Å². The van der Waals surface area contributed by atoms with Gasteiger partial charge in [-0.1, -0.05) is 19.1 Å². The lowest BCUT2D eigenvalue weighted by atomic mass is 10.1. The fourth-order valence-corrected chi connectivity index (χ4v) is 3.61. The maximum absolute atomic E-state index is 12.3. The summed E-state index contributed by atoms with van der Waals surface area (Å²) in [6.07, 6.45) is 3.01. The maximum Gasteiger partial charge on any atom is 0.262 e. The van der Waals surface area contributed by atoms with Gasteiger partial charge < -0.3 is 20.1 Å². The summed E-state index contributed by atoms with van der Waals surface area (Å²) in [7, 11) is 0. The second-order valence-electron chi connectivity index (χ2n) is 6.88. The van der Waals surface area contributed by atoms with E-state index in [9.17, 15) is 9.59 Å². The van der Waals surface area contributed by atoms with Crippen molar-refractivity contribution in [2.75, 3.05) is 25.1 Å². The first kappa shape index (κ1) is 21.3. The van der Waals surface area contributed by atoms with E-state index >= 15 is 0 Å². The van der Waals surface area contributed by atoms with Crippen LogP contribution in [0.15, 0.2) is 46.9 Å². The van der Waals surface area contributed by atoms with E-state index < -0.39 is 0 Å². The number of benzene rings is 2. The molecule has 0 aliphatic carbocycles. The highest BCUT2D eigenvalue weighted by Gasteiger charge is 2.17. The first-order valence-electron chi connectivity index (χ1n) is 9.76. The first-order valence-corrected chi connectivity index (χ1v) is 10.6. The van der Waals surface area contributed by atoms with Gasteiger partial charge in [0.05, 0.1) is 10.6 Å². The Labute approximate surface area is 179 Å². The number of halogens is 1. The van der Waals surface area contributed by atoms with Gasteiger partial charge in [0, 0.05) is 24.4 Å². The molecule has 0 radical (unpaired) electrons. The number of carbonyl (C=O) groups excluding carboxylic acids is 2. The highest BCUT2D eigenvalue weighted by molar-refractivity contribution is 9.10. The number of amides is 2. The van der Waals surface area contributed by atoms with Crippen molar-refractivity contribution in [2.24, 2.45) is 0 Å². The Bertz CT molecular complexity index is 866. The molecule has 154 valence electrons. The predicted molar refractivity (Wildman–Crippen MR) is 115 cm³/mol. The van der Waals surface area contributed by atoms with Gasteiger partial charge in [-0.25, -0.2) is 0 Å². The number of carbonyl (C=O) groups is 2. The van der Waals surface area contributed by atoms with Crippen LogP contribution in [-0.2, 0) is 16.0 Å². The first-order chi connectivity index (χ1) is 14.0. The summed E-state index contributed by atoms with van der Waals surface area (Å²) in [6, 6.07) is 12.6. The normalized spacial score (nSPS) is 15.7. The summed E-state index contributed by atoms with van der Waals surface area (Å²) in [5, 5.41) is 5.64. The average Bonchev–Trinajstić information content (AvgIpc) is 3.25. The van der Waals surface area contributed by atoms with Gasteiger partial charge >= 0.3 is 0 Å². The van der Waals surface area contributed by atoms with Gasteiger partial charge in [0.1, 0.15) is 5.75 Å². The second-order valence-corrected chi connectivity index (χ2v) is 7.74. The molecule has 6 nitrogen and oxygen atoms in total. The summed E-state index contributed by atoms with van der Waals surface area (Å²) in [4.78, 5) is 24.6. The maximum atomic E-state index is 12.3. The molecule has 0 spiro atoms. The molecule has 1 atom stereocenters. The van der Waals surface area contributed by atoms with Crippen molar-refractivity contribution in [2.45, 2.75) is 32.3 Å². The third kappa shape index (κ3) is 6.30. The SMILES string of the molecule is CCc1ccc(OCC(=O)Nc2cccc(C(=O)NCC3CCCO3)c2)c(Br)c1. The number of anilines is 1. The number of hydrogen-bond acceptors (Lipinski definition) is 4. The van der Waals surface area contributed by atoms with E-state index in [4.69, 9.17) is 9.47 Å². The van der Waals surface area contributed by atoms with Crippen LogP contribution in [0.5, 0.6) is 5.75 Å². The summed E-state index contributed by atoms with van der Waals surface area (Å²) in [5.41, 5.74) is 2.21. The van der Waals surface area contributed by atoms with E-state index in [-0.39, 0.29) is 24.5 Å². The summed E-state index contributed by atoms with van der Waals surface area (Å²) < 4.78 is 11.9. The number of nitrogens with one attached hydrogen (secondary N) is 2. The van der Waals surface area contributed by atoms with Gasteiger partial charge in [-0.3, -0.25) is 9.59 Å². The molecule has 1 unspecified atom stereocenters. The highest BCUT2D eigenvalue weighted by Crippen LogP contribution is 2.26. The van der Waals surface area contributed by atoms with Crippen molar-refractivity contribution in [1.82, 2.24) is 5.32 Å². The molecule has 2 aromatic rings. The van der Waals surface area contributed by atoms with Crippen LogP contribution in [0, 0.1) is 0 Å². The zero-order valence-electron chi connectivity index (χ0n) is 16.4. The van der Waals surface area contributed by atoms with Gasteiger partial charge in [0.25, 0.3) is 11.8 Å². The Balaban J connectivity index is 1.51. The Hall–Kier alpha value is -2.38. The minimum absolute atomic E-state index is 0.0877. The van der Waals surface area contributed by atoms with Crippen LogP contribution in [0.3, 0.4) is 0 Å². The molecule has 7 heteroatoms. The molecule has 1 heterocycles. The number of aryl methyl sites for hydroxylation is 1. The van der Waals surface area contributed by atoms with Crippen LogP contribution in [0.1, 0.15) is 35.7 Å².